The van der Waals surface area contributed by atoms with Crippen LogP contribution in [-0.2, 0) is 0 Å². The average molecular weight is 280 g/mol. The molecule has 1 aromatic carbocycles. The highest BCUT2D eigenvalue weighted by atomic mass is 16.5. The Morgan fingerprint density at radius 3 is 2.86 bits per heavy atom. The zero-order chi connectivity index (χ0) is 14.7. The maximum absolute atomic E-state index is 12.2. The average Bonchev–Trinajstić information content (AvgIpc) is 2.54. The number of nitrogens with one attached hydrogen (secondary N) is 1. The molecule has 0 radical (unpaired) electrons. The topological polar surface area (TPSA) is 77.0 Å². The highest BCUT2D eigenvalue weighted by Crippen LogP contribution is 2.23. The summed E-state index contributed by atoms with van der Waals surface area (Å²) in [5, 5.41) is 3.58. The fourth-order valence-corrected chi connectivity index (χ4v) is 1.96. The molecule has 3 rings (SSSR count). The van der Waals surface area contributed by atoms with Crippen LogP contribution in [0.2, 0.25) is 0 Å². The summed E-state index contributed by atoms with van der Waals surface area (Å²) in [5.74, 6) is 0.725. The summed E-state index contributed by atoms with van der Waals surface area (Å²) in [6, 6.07) is 10.7. The van der Waals surface area contributed by atoms with Gasteiger partial charge in [0.15, 0.2) is 0 Å². The Morgan fingerprint density at radius 2 is 2.10 bits per heavy atom. The van der Waals surface area contributed by atoms with E-state index in [0.29, 0.717) is 22.8 Å². The quantitative estimate of drug-likeness (QED) is 0.796. The van der Waals surface area contributed by atoms with Gasteiger partial charge in [0, 0.05) is 11.6 Å². The molecule has 2 aromatic heterocycles. The van der Waals surface area contributed by atoms with E-state index in [1.807, 2.05) is 18.2 Å². The number of benzene rings is 1. The van der Waals surface area contributed by atoms with Crippen molar-refractivity contribution >= 4 is 22.6 Å². The van der Waals surface area contributed by atoms with Gasteiger partial charge in [0.2, 0.25) is 0 Å². The van der Waals surface area contributed by atoms with Crippen LogP contribution < -0.4 is 10.1 Å². The van der Waals surface area contributed by atoms with Crippen molar-refractivity contribution in [3.8, 4) is 5.75 Å². The smallest absolute Gasteiger partial charge is 0.275 e. The minimum absolute atomic E-state index is 0.297. The number of anilines is 1. The molecular formula is C15H12N4O2. The first kappa shape index (κ1) is 13.0. The number of hydrogen-bond donors (Lipinski definition) is 1. The molecule has 0 saturated heterocycles. The number of para-hydroxylation sites is 1. The Hall–Kier alpha value is -3.02. The van der Waals surface area contributed by atoms with Crippen molar-refractivity contribution in [1.29, 1.82) is 0 Å². The summed E-state index contributed by atoms with van der Waals surface area (Å²) in [5.41, 5.74) is 0.945. The van der Waals surface area contributed by atoms with Gasteiger partial charge < -0.3 is 10.1 Å². The van der Waals surface area contributed by atoms with Crippen molar-refractivity contribution in [3.63, 3.8) is 0 Å². The van der Waals surface area contributed by atoms with E-state index in [4.69, 9.17) is 4.74 Å². The molecule has 3 aromatic rings. The second kappa shape index (κ2) is 5.54. The van der Waals surface area contributed by atoms with Crippen molar-refractivity contribution in [2.24, 2.45) is 0 Å². The van der Waals surface area contributed by atoms with Crippen LogP contribution in [0.15, 0.2) is 48.9 Å². The number of aromatic nitrogens is 3. The van der Waals surface area contributed by atoms with Crippen LogP contribution in [0.5, 0.6) is 5.75 Å². The molecule has 0 aliphatic rings. The standard InChI is InChI=1S/C15H12N4O2/c1-21-12-4-2-3-10-5-6-11(18-14(10)12)15(20)19-13-7-8-16-9-17-13/h2-9H,1H3,(H,16,17,19,20). The van der Waals surface area contributed by atoms with E-state index in [0.717, 1.165) is 5.39 Å². The fourth-order valence-electron chi connectivity index (χ4n) is 1.96. The lowest BCUT2D eigenvalue weighted by Crippen LogP contribution is -2.14. The molecule has 1 N–H and O–H groups in total. The molecule has 6 nitrogen and oxygen atoms in total. The van der Waals surface area contributed by atoms with E-state index in [-0.39, 0.29) is 5.91 Å². The first-order valence-electron chi connectivity index (χ1n) is 6.29. The van der Waals surface area contributed by atoms with Crippen molar-refractivity contribution in [3.05, 3.63) is 54.6 Å². The summed E-state index contributed by atoms with van der Waals surface area (Å²) < 4.78 is 5.27. The summed E-state index contributed by atoms with van der Waals surface area (Å²) in [6.45, 7) is 0. The zero-order valence-electron chi connectivity index (χ0n) is 11.3. The predicted octanol–water partition coefficient (Wildman–Crippen LogP) is 2.29. The predicted molar refractivity (Wildman–Crippen MR) is 78.3 cm³/mol. The molecule has 0 aliphatic carbocycles. The van der Waals surface area contributed by atoms with Crippen LogP contribution in [0, 0.1) is 0 Å². The third-order valence-corrected chi connectivity index (χ3v) is 2.96. The Kier molecular flexibility index (Phi) is 3.42. The Balaban J connectivity index is 1.95. The number of carbonyl (C=O) groups is 1. The molecular weight excluding hydrogens is 268 g/mol. The number of pyridine rings is 1. The van der Waals surface area contributed by atoms with Gasteiger partial charge in [0.1, 0.15) is 29.1 Å². The normalized spacial score (nSPS) is 10.3. The Morgan fingerprint density at radius 1 is 1.19 bits per heavy atom. The number of methoxy groups -OCH3 is 1. The van der Waals surface area contributed by atoms with Crippen LogP contribution in [0.4, 0.5) is 5.82 Å². The second-order valence-electron chi connectivity index (χ2n) is 4.28. The number of ether oxygens (including phenoxy) is 1. The molecule has 0 spiro atoms. The molecule has 2 heterocycles. The molecule has 0 bridgehead atoms. The molecule has 0 saturated carbocycles. The number of nitrogens with zero attached hydrogens (tertiary/aromatic N) is 3. The van der Waals surface area contributed by atoms with E-state index in [9.17, 15) is 4.79 Å². The summed E-state index contributed by atoms with van der Waals surface area (Å²) in [6.07, 6.45) is 2.92. The van der Waals surface area contributed by atoms with Gasteiger partial charge in [-0.15, -0.1) is 0 Å². The van der Waals surface area contributed by atoms with Crippen molar-refractivity contribution in [1.82, 2.24) is 15.0 Å². The van der Waals surface area contributed by atoms with Crippen molar-refractivity contribution in [2.75, 3.05) is 12.4 Å². The fraction of sp³-hybridized carbons (Fsp3) is 0.0667. The van der Waals surface area contributed by atoms with Gasteiger partial charge in [0.05, 0.1) is 7.11 Å². The zero-order valence-corrected chi connectivity index (χ0v) is 11.3. The van der Waals surface area contributed by atoms with Gasteiger partial charge in [0.25, 0.3) is 5.91 Å². The second-order valence-corrected chi connectivity index (χ2v) is 4.28. The number of amides is 1. The van der Waals surface area contributed by atoms with Crippen LogP contribution >= 0.6 is 0 Å². The largest absolute Gasteiger partial charge is 0.494 e. The van der Waals surface area contributed by atoms with Gasteiger partial charge in [-0.2, -0.15) is 0 Å². The molecule has 0 aliphatic heterocycles. The van der Waals surface area contributed by atoms with Crippen LogP contribution in [0.3, 0.4) is 0 Å². The SMILES string of the molecule is COc1cccc2ccc(C(=O)Nc3ccncn3)nc12. The molecule has 0 fully saturated rings. The van der Waals surface area contributed by atoms with Crippen LogP contribution in [0.1, 0.15) is 10.5 Å². The molecule has 104 valence electrons. The number of rotatable bonds is 3. The van der Waals surface area contributed by atoms with Gasteiger partial charge in [-0.3, -0.25) is 4.79 Å². The molecule has 1 amide bonds. The highest BCUT2D eigenvalue weighted by molar-refractivity contribution is 6.03. The molecule has 0 atom stereocenters. The van der Waals surface area contributed by atoms with E-state index >= 15 is 0 Å². The third kappa shape index (κ3) is 2.64. The first-order chi connectivity index (χ1) is 10.3. The lowest BCUT2D eigenvalue weighted by molar-refractivity contribution is 0.102. The maximum Gasteiger partial charge on any atom is 0.275 e. The summed E-state index contributed by atoms with van der Waals surface area (Å²) in [4.78, 5) is 24.3. The number of hydrogen-bond acceptors (Lipinski definition) is 5. The lowest BCUT2D eigenvalue weighted by atomic mass is 10.2. The summed E-state index contributed by atoms with van der Waals surface area (Å²) in [7, 11) is 1.57. The monoisotopic (exact) mass is 280 g/mol. The van der Waals surface area contributed by atoms with E-state index in [1.165, 1.54) is 6.33 Å². The van der Waals surface area contributed by atoms with Crippen LogP contribution in [0.25, 0.3) is 10.9 Å². The van der Waals surface area contributed by atoms with Gasteiger partial charge in [-0.05, 0) is 18.2 Å². The summed E-state index contributed by atoms with van der Waals surface area (Å²) >= 11 is 0. The Labute approximate surface area is 120 Å². The number of fused-ring (bicyclic) bond motifs is 1. The maximum atomic E-state index is 12.2. The minimum atomic E-state index is -0.332. The Bertz CT molecular complexity index is 790. The molecule has 0 unspecified atom stereocenters. The third-order valence-electron chi connectivity index (χ3n) is 2.96. The highest BCUT2D eigenvalue weighted by Gasteiger charge is 2.11. The number of carbonyl (C=O) groups excluding carboxylic acids is 1. The van der Waals surface area contributed by atoms with Crippen LogP contribution in [-0.4, -0.2) is 28.0 Å². The first-order valence-corrected chi connectivity index (χ1v) is 6.29. The van der Waals surface area contributed by atoms with Gasteiger partial charge >= 0.3 is 0 Å². The van der Waals surface area contributed by atoms with E-state index in [2.05, 4.69) is 20.3 Å². The van der Waals surface area contributed by atoms with E-state index < -0.39 is 0 Å². The van der Waals surface area contributed by atoms with Crippen molar-refractivity contribution in [2.45, 2.75) is 0 Å². The van der Waals surface area contributed by atoms with Crippen molar-refractivity contribution < 1.29 is 9.53 Å². The molecule has 6 heteroatoms. The minimum Gasteiger partial charge on any atom is -0.494 e. The van der Waals surface area contributed by atoms with Gasteiger partial charge in [-0.1, -0.05) is 18.2 Å². The van der Waals surface area contributed by atoms with Gasteiger partial charge in [-0.25, -0.2) is 15.0 Å². The van der Waals surface area contributed by atoms with E-state index in [1.54, 1.807) is 31.5 Å². The lowest BCUT2D eigenvalue weighted by Gasteiger charge is -2.07. The molecule has 21 heavy (non-hydrogen) atoms.